The number of alkyl halides is 2. The molecule has 7 heteroatoms. The maximum absolute atomic E-state index is 13.8. The average Bonchev–Trinajstić information content (AvgIpc) is 2.50. The predicted octanol–water partition coefficient (Wildman–Crippen LogP) is 5.07. The van der Waals surface area contributed by atoms with E-state index in [1.54, 1.807) is 6.07 Å². The van der Waals surface area contributed by atoms with Crippen LogP contribution in [0, 0.1) is 5.82 Å². The van der Waals surface area contributed by atoms with Crippen molar-refractivity contribution < 1.29 is 18.0 Å². The van der Waals surface area contributed by atoms with E-state index in [0.717, 1.165) is 0 Å². The largest absolute Gasteiger partial charge is 0.337 e. The summed E-state index contributed by atoms with van der Waals surface area (Å²) in [5, 5.41) is 0.244. The fourth-order valence-electron chi connectivity index (χ4n) is 1.99. The van der Waals surface area contributed by atoms with Crippen molar-refractivity contribution in [1.29, 1.82) is 0 Å². The number of nitrogens with zero attached hydrogens (tertiary/aromatic N) is 1. The van der Waals surface area contributed by atoms with Crippen LogP contribution in [0.4, 0.5) is 13.2 Å². The number of carbonyl (C=O) groups excluding carboxylic acids is 1. The minimum absolute atomic E-state index is 0.0118. The van der Waals surface area contributed by atoms with E-state index in [0.29, 0.717) is 22.2 Å². The first-order valence-corrected chi connectivity index (χ1v) is 7.87. The van der Waals surface area contributed by atoms with Gasteiger partial charge >= 0.3 is 0 Å². The fourth-order valence-corrected chi connectivity index (χ4v) is 2.71. The topological polar surface area (TPSA) is 20.3 Å². The zero-order valence-electron chi connectivity index (χ0n) is 12.1. The second-order valence-electron chi connectivity index (χ2n) is 4.76. The molecule has 2 aromatic rings. The first kappa shape index (κ1) is 17.7. The van der Waals surface area contributed by atoms with Crippen molar-refractivity contribution in [2.24, 2.45) is 0 Å². The minimum Gasteiger partial charge on any atom is -0.337 e. The third-order valence-corrected chi connectivity index (χ3v) is 4.21. The molecule has 0 saturated carbocycles. The number of rotatable bonds is 5. The molecule has 2 nitrogen and oxygen atoms in total. The molecule has 0 aliphatic heterocycles. The zero-order valence-corrected chi connectivity index (χ0v) is 13.7. The maximum atomic E-state index is 13.8. The third-order valence-electron chi connectivity index (χ3n) is 3.13. The SMILES string of the molecule is CN(Cc1c(F)cccc1Cl)C(=O)c1ccc(SC(F)F)cc1. The van der Waals surface area contributed by atoms with E-state index >= 15 is 0 Å². The maximum Gasteiger partial charge on any atom is 0.288 e. The van der Waals surface area contributed by atoms with Crippen LogP contribution in [0.1, 0.15) is 15.9 Å². The molecule has 0 saturated heterocycles. The third kappa shape index (κ3) is 4.65. The van der Waals surface area contributed by atoms with E-state index in [1.807, 2.05) is 0 Å². The molecule has 0 aliphatic rings. The van der Waals surface area contributed by atoms with Crippen LogP contribution in [0.25, 0.3) is 0 Å². The quantitative estimate of drug-likeness (QED) is 0.695. The molecule has 0 N–H and O–H groups in total. The lowest BCUT2D eigenvalue weighted by Gasteiger charge is -2.18. The van der Waals surface area contributed by atoms with Crippen LogP contribution >= 0.6 is 23.4 Å². The van der Waals surface area contributed by atoms with Crippen molar-refractivity contribution in [1.82, 2.24) is 4.90 Å². The number of thioether (sulfide) groups is 1. The molecule has 23 heavy (non-hydrogen) atoms. The van der Waals surface area contributed by atoms with Gasteiger partial charge in [-0.2, -0.15) is 8.78 Å². The summed E-state index contributed by atoms with van der Waals surface area (Å²) in [4.78, 5) is 14.0. The number of amides is 1. The lowest BCUT2D eigenvalue weighted by molar-refractivity contribution is 0.0784. The summed E-state index contributed by atoms with van der Waals surface area (Å²) < 4.78 is 38.3. The van der Waals surface area contributed by atoms with Gasteiger partial charge in [0, 0.05) is 34.6 Å². The van der Waals surface area contributed by atoms with Crippen LogP contribution in [-0.2, 0) is 6.54 Å². The van der Waals surface area contributed by atoms with Gasteiger partial charge in [0.05, 0.1) is 0 Å². The van der Waals surface area contributed by atoms with E-state index in [2.05, 4.69) is 0 Å². The Hall–Kier alpha value is -1.66. The Morgan fingerprint density at radius 3 is 2.43 bits per heavy atom. The standard InChI is InChI=1S/C16H13ClF3NOS/c1-21(9-12-13(17)3-2-4-14(12)18)15(22)10-5-7-11(8-6-10)23-16(19)20/h2-8,16H,9H2,1H3. The highest BCUT2D eigenvalue weighted by atomic mass is 35.5. The number of hydrogen-bond acceptors (Lipinski definition) is 2. The molecular weight excluding hydrogens is 347 g/mol. The van der Waals surface area contributed by atoms with E-state index in [9.17, 15) is 18.0 Å². The molecule has 0 heterocycles. The van der Waals surface area contributed by atoms with Gasteiger partial charge in [0.15, 0.2) is 0 Å². The summed E-state index contributed by atoms with van der Waals surface area (Å²) in [6.07, 6.45) is 0. The Morgan fingerprint density at radius 2 is 1.87 bits per heavy atom. The summed E-state index contributed by atoms with van der Waals surface area (Å²) in [6.45, 7) is 0.0118. The molecule has 2 rings (SSSR count). The van der Waals surface area contributed by atoms with Crippen molar-refractivity contribution in [3.8, 4) is 0 Å². The molecule has 0 radical (unpaired) electrons. The highest BCUT2D eigenvalue weighted by molar-refractivity contribution is 7.99. The highest BCUT2D eigenvalue weighted by Crippen LogP contribution is 2.26. The van der Waals surface area contributed by atoms with Crippen molar-refractivity contribution in [3.05, 3.63) is 64.4 Å². The number of hydrogen-bond donors (Lipinski definition) is 0. The van der Waals surface area contributed by atoms with Gasteiger partial charge in [0.1, 0.15) is 5.82 Å². The lowest BCUT2D eigenvalue weighted by atomic mass is 10.1. The van der Waals surface area contributed by atoms with Gasteiger partial charge < -0.3 is 4.90 Å². The minimum atomic E-state index is -2.51. The lowest BCUT2D eigenvalue weighted by Crippen LogP contribution is -2.26. The van der Waals surface area contributed by atoms with E-state index in [4.69, 9.17) is 11.6 Å². The molecule has 0 aromatic heterocycles. The Labute approximate surface area is 141 Å². The van der Waals surface area contributed by atoms with Crippen LogP contribution in [0.2, 0.25) is 5.02 Å². The van der Waals surface area contributed by atoms with E-state index in [-0.39, 0.29) is 23.0 Å². The van der Waals surface area contributed by atoms with Gasteiger partial charge in [0.2, 0.25) is 0 Å². The van der Waals surface area contributed by atoms with Crippen LogP contribution < -0.4 is 0 Å². The molecule has 122 valence electrons. The molecule has 0 fully saturated rings. The second-order valence-corrected chi connectivity index (χ2v) is 6.23. The van der Waals surface area contributed by atoms with Gasteiger partial charge in [0.25, 0.3) is 11.7 Å². The smallest absolute Gasteiger partial charge is 0.288 e. The van der Waals surface area contributed by atoms with Gasteiger partial charge in [-0.25, -0.2) is 4.39 Å². The first-order valence-electron chi connectivity index (χ1n) is 6.61. The number of carbonyl (C=O) groups is 1. The van der Waals surface area contributed by atoms with Crippen molar-refractivity contribution in [2.45, 2.75) is 17.2 Å². The van der Waals surface area contributed by atoms with Crippen molar-refractivity contribution in [3.63, 3.8) is 0 Å². The summed E-state index contributed by atoms with van der Waals surface area (Å²) in [7, 11) is 1.52. The van der Waals surface area contributed by atoms with E-state index < -0.39 is 11.6 Å². The van der Waals surface area contributed by atoms with Crippen LogP contribution in [0.15, 0.2) is 47.4 Å². The molecule has 0 unspecified atom stereocenters. The zero-order chi connectivity index (χ0) is 17.0. The summed E-state index contributed by atoms with van der Waals surface area (Å²) in [5.41, 5.74) is 0.563. The van der Waals surface area contributed by atoms with Gasteiger partial charge in [-0.1, -0.05) is 29.4 Å². The molecule has 2 aromatic carbocycles. The first-order chi connectivity index (χ1) is 10.9. The van der Waals surface area contributed by atoms with Gasteiger partial charge in [-0.3, -0.25) is 4.79 Å². The fraction of sp³-hybridized carbons (Fsp3) is 0.188. The number of benzene rings is 2. The Kier molecular flexibility index (Phi) is 5.96. The molecule has 0 bridgehead atoms. The summed E-state index contributed by atoms with van der Waals surface area (Å²) in [6, 6.07) is 10.1. The molecule has 0 atom stereocenters. The van der Waals surface area contributed by atoms with Crippen molar-refractivity contribution in [2.75, 3.05) is 7.05 Å². The Balaban J connectivity index is 2.10. The van der Waals surface area contributed by atoms with Gasteiger partial charge in [-0.05, 0) is 36.4 Å². The van der Waals surface area contributed by atoms with Crippen LogP contribution in [0.3, 0.4) is 0 Å². The summed E-state index contributed by atoms with van der Waals surface area (Å²) >= 11 is 6.35. The normalized spacial score (nSPS) is 10.9. The van der Waals surface area contributed by atoms with Crippen molar-refractivity contribution >= 4 is 29.3 Å². The summed E-state index contributed by atoms with van der Waals surface area (Å²) in [5.74, 6) is -3.35. The Bertz CT molecular complexity index is 674. The average molecular weight is 360 g/mol. The molecular formula is C16H13ClF3NOS. The van der Waals surface area contributed by atoms with Gasteiger partial charge in [-0.15, -0.1) is 0 Å². The Morgan fingerprint density at radius 1 is 1.22 bits per heavy atom. The predicted molar refractivity (Wildman–Crippen MR) is 85.5 cm³/mol. The van der Waals surface area contributed by atoms with Crippen LogP contribution in [-0.4, -0.2) is 23.6 Å². The number of halogens is 4. The monoisotopic (exact) mass is 359 g/mol. The molecule has 0 aliphatic carbocycles. The molecule has 0 spiro atoms. The second kappa shape index (κ2) is 7.75. The van der Waals surface area contributed by atoms with Crippen LogP contribution in [0.5, 0.6) is 0 Å². The van der Waals surface area contributed by atoms with E-state index in [1.165, 1.54) is 48.3 Å². The molecule has 1 amide bonds. The highest BCUT2D eigenvalue weighted by Gasteiger charge is 2.16.